The third-order valence-electron chi connectivity index (χ3n) is 10.7. The van der Waals surface area contributed by atoms with Crippen LogP contribution in [0.15, 0.2) is 203 Å². The molecule has 262 valence electrons. The lowest BCUT2D eigenvalue weighted by Gasteiger charge is -2.14. The molecule has 0 aliphatic rings. The Morgan fingerprint density at radius 3 is 1.23 bits per heavy atom. The predicted molar refractivity (Wildman–Crippen MR) is 229 cm³/mol. The highest BCUT2D eigenvalue weighted by molar-refractivity contribution is 6.07. The van der Waals surface area contributed by atoms with Crippen LogP contribution in [0.2, 0.25) is 0 Å². The van der Waals surface area contributed by atoms with Crippen LogP contribution in [-0.4, -0.2) is 9.97 Å². The molecule has 0 saturated carbocycles. The standard InChI is InChI=1S/C52H32N2O2/c1-3-11-33(12-4-1)34-19-21-36(22-20-34)52-53-46(35-13-5-2-6-14-35)32-47(54-52)41-28-39(37-23-25-50-44(30-37)42-15-7-9-17-48(42)55-50)27-40(29-41)38-24-26-51-45(31-38)43-16-8-10-18-49(43)56-51/h1-32H. The number of para-hydroxylation sites is 2. The van der Waals surface area contributed by atoms with Crippen LogP contribution in [0.3, 0.4) is 0 Å². The fraction of sp³-hybridized carbons (Fsp3) is 0. The van der Waals surface area contributed by atoms with Gasteiger partial charge in [-0.25, -0.2) is 9.97 Å². The molecule has 0 bridgehead atoms. The Morgan fingerprint density at radius 1 is 0.250 bits per heavy atom. The van der Waals surface area contributed by atoms with Gasteiger partial charge in [0.25, 0.3) is 0 Å². The van der Waals surface area contributed by atoms with Crippen LogP contribution in [0.1, 0.15) is 0 Å². The molecule has 4 nitrogen and oxygen atoms in total. The fourth-order valence-corrected chi connectivity index (χ4v) is 7.84. The third kappa shape index (κ3) is 5.64. The van der Waals surface area contributed by atoms with Crippen LogP contribution in [0, 0.1) is 0 Å². The predicted octanol–water partition coefficient (Wildman–Crippen LogP) is 14.3. The van der Waals surface area contributed by atoms with Gasteiger partial charge >= 0.3 is 0 Å². The van der Waals surface area contributed by atoms with Gasteiger partial charge in [0.15, 0.2) is 5.82 Å². The minimum atomic E-state index is 0.672. The van der Waals surface area contributed by atoms with Gasteiger partial charge in [0, 0.05) is 38.2 Å². The number of hydrogen-bond acceptors (Lipinski definition) is 4. The van der Waals surface area contributed by atoms with Crippen molar-refractivity contribution in [3.05, 3.63) is 194 Å². The van der Waals surface area contributed by atoms with Gasteiger partial charge in [-0.2, -0.15) is 0 Å². The molecule has 3 heterocycles. The SMILES string of the molecule is c1ccc(-c2ccc(-c3nc(-c4ccccc4)cc(-c4cc(-c5ccc6oc7ccccc7c6c5)cc(-c5ccc6oc7ccccc7c6c5)c4)n3)cc2)cc1. The Labute approximate surface area is 323 Å². The number of hydrogen-bond donors (Lipinski definition) is 0. The van der Waals surface area contributed by atoms with Gasteiger partial charge in [0.05, 0.1) is 11.4 Å². The summed E-state index contributed by atoms with van der Waals surface area (Å²) in [4.78, 5) is 10.4. The number of rotatable bonds is 6. The summed E-state index contributed by atoms with van der Waals surface area (Å²) < 4.78 is 12.4. The minimum Gasteiger partial charge on any atom is -0.456 e. The topological polar surface area (TPSA) is 52.1 Å². The van der Waals surface area contributed by atoms with Crippen LogP contribution >= 0.6 is 0 Å². The molecule has 0 atom stereocenters. The first-order valence-electron chi connectivity index (χ1n) is 18.8. The molecule has 0 spiro atoms. The van der Waals surface area contributed by atoms with Gasteiger partial charge in [0.2, 0.25) is 0 Å². The van der Waals surface area contributed by atoms with Crippen molar-refractivity contribution in [1.29, 1.82) is 0 Å². The van der Waals surface area contributed by atoms with Gasteiger partial charge in [-0.1, -0.05) is 133 Å². The monoisotopic (exact) mass is 716 g/mol. The summed E-state index contributed by atoms with van der Waals surface area (Å²) in [6.07, 6.45) is 0. The number of furan rings is 2. The Bertz CT molecular complexity index is 3100. The quantitative estimate of drug-likeness (QED) is 0.172. The molecule has 0 saturated heterocycles. The molecule has 0 radical (unpaired) electrons. The zero-order chi connectivity index (χ0) is 37.0. The molecule has 0 aliphatic heterocycles. The third-order valence-corrected chi connectivity index (χ3v) is 10.7. The van der Waals surface area contributed by atoms with E-state index in [1.54, 1.807) is 0 Å². The van der Waals surface area contributed by atoms with E-state index in [0.717, 1.165) is 99.8 Å². The summed E-state index contributed by atoms with van der Waals surface area (Å²) in [5.74, 6) is 0.672. The Morgan fingerprint density at radius 2 is 0.661 bits per heavy atom. The first-order valence-corrected chi connectivity index (χ1v) is 18.8. The number of benzene rings is 8. The molecule has 0 N–H and O–H groups in total. The molecule has 3 aromatic heterocycles. The van der Waals surface area contributed by atoms with Crippen molar-refractivity contribution in [3.8, 4) is 67.3 Å². The van der Waals surface area contributed by atoms with Crippen LogP contribution in [0.4, 0.5) is 0 Å². The lowest BCUT2D eigenvalue weighted by Crippen LogP contribution is -1.96. The van der Waals surface area contributed by atoms with Crippen molar-refractivity contribution in [2.45, 2.75) is 0 Å². The summed E-state index contributed by atoms with van der Waals surface area (Å²) in [7, 11) is 0. The molecular weight excluding hydrogens is 685 g/mol. The highest BCUT2D eigenvalue weighted by atomic mass is 16.3. The van der Waals surface area contributed by atoms with Gasteiger partial charge in [-0.05, 0) is 94.0 Å². The zero-order valence-corrected chi connectivity index (χ0v) is 30.2. The Balaban J connectivity index is 1.11. The van der Waals surface area contributed by atoms with E-state index < -0.39 is 0 Å². The first-order chi connectivity index (χ1) is 27.7. The molecule has 56 heavy (non-hydrogen) atoms. The van der Waals surface area contributed by atoms with Crippen molar-refractivity contribution < 1.29 is 8.83 Å². The summed E-state index contributed by atoms with van der Waals surface area (Å²) in [5.41, 5.74) is 14.9. The van der Waals surface area contributed by atoms with E-state index in [-0.39, 0.29) is 0 Å². The number of fused-ring (bicyclic) bond motifs is 6. The van der Waals surface area contributed by atoms with Gasteiger partial charge in [-0.15, -0.1) is 0 Å². The first kappa shape index (κ1) is 31.9. The Kier molecular flexibility index (Phi) is 7.46. The van der Waals surface area contributed by atoms with E-state index in [4.69, 9.17) is 18.8 Å². The largest absolute Gasteiger partial charge is 0.456 e. The van der Waals surface area contributed by atoms with Crippen molar-refractivity contribution in [2.75, 3.05) is 0 Å². The molecule has 11 aromatic rings. The summed E-state index contributed by atoms with van der Waals surface area (Å²) >= 11 is 0. The zero-order valence-electron chi connectivity index (χ0n) is 30.2. The lowest BCUT2D eigenvalue weighted by molar-refractivity contribution is 0.668. The van der Waals surface area contributed by atoms with Gasteiger partial charge in [-0.3, -0.25) is 0 Å². The molecule has 0 amide bonds. The molecule has 11 rings (SSSR count). The van der Waals surface area contributed by atoms with Crippen molar-refractivity contribution in [1.82, 2.24) is 9.97 Å². The van der Waals surface area contributed by atoms with Crippen molar-refractivity contribution in [2.24, 2.45) is 0 Å². The van der Waals surface area contributed by atoms with Crippen molar-refractivity contribution in [3.63, 3.8) is 0 Å². The second kappa shape index (κ2) is 13.1. The molecule has 0 unspecified atom stereocenters. The fourth-order valence-electron chi connectivity index (χ4n) is 7.84. The van der Waals surface area contributed by atoms with E-state index in [0.29, 0.717) is 5.82 Å². The maximum atomic E-state index is 6.21. The molecule has 0 fully saturated rings. The lowest BCUT2D eigenvalue weighted by atomic mass is 9.93. The van der Waals surface area contributed by atoms with E-state index in [1.165, 1.54) is 5.56 Å². The van der Waals surface area contributed by atoms with E-state index >= 15 is 0 Å². The minimum absolute atomic E-state index is 0.672. The highest BCUT2D eigenvalue weighted by Gasteiger charge is 2.16. The van der Waals surface area contributed by atoms with Crippen LogP contribution in [-0.2, 0) is 0 Å². The highest BCUT2D eigenvalue weighted by Crippen LogP contribution is 2.39. The summed E-state index contributed by atoms with van der Waals surface area (Å²) in [5, 5.41) is 4.38. The van der Waals surface area contributed by atoms with Crippen LogP contribution in [0.5, 0.6) is 0 Å². The van der Waals surface area contributed by atoms with E-state index in [2.05, 4.69) is 158 Å². The molecule has 8 aromatic carbocycles. The second-order valence-corrected chi connectivity index (χ2v) is 14.2. The van der Waals surface area contributed by atoms with Crippen molar-refractivity contribution >= 4 is 43.9 Å². The second-order valence-electron chi connectivity index (χ2n) is 14.2. The summed E-state index contributed by atoms with van der Waals surface area (Å²) in [6.45, 7) is 0. The maximum absolute atomic E-state index is 6.21. The number of aromatic nitrogens is 2. The molecule has 0 aliphatic carbocycles. The van der Waals surface area contributed by atoms with Gasteiger partial charge in [0.1, 0.15) is 22.3 Å². The molecular formula is C52H32N2O2. The molecule has 4 heteroatoms. The van der Waals surface area contributed by atoms with Gasteiger partial charge < -0.3 is 8.83 Å². The average molecular weight is 717 g/mol. The van der Waals surface area contributed by atoms with E-state index in [1.807, 2.05) is 36.4 Å². The maximum Gasteiger partial charge on any atom is 0.160 e. The normalized spacial score (nSPS) is 11.6. The number of nitrogens with zero attached hydrogens (tertiary/aromatic N) is 2. The average Bonchev–Trinajstić information content (AvgIpc) is 3.84. The van der Waals surface area contributed by atoms with E-state index in [9.17, 15) is 0 Å². The smallest absolute Gasteiger partial charge is 0.160 e. The van der Waals surface area contributed by atoms with Crippen LogP contribution < -0.4 is 0 Å². The Hall–Kier alpha value is -7.56. The van der Waals surface area contributed by atoms with Crippen LogP contribution in [0.25, 0.3) is 111 Å². The summed E-state index contributed by atoms with van der Waals surface area (Å²) in [6, 6.07) is 67.6.